The normalized spacial score (nSPS) is 10.7. The van der Waals surface area contributed by atoms with Crippen molar-refractivity contribution >= 4 is 55.1 Å². The van der Waals surface area contributed by atoms with Crippen molar-refractivity contribution in [2.45, 2.75) is 13.2 Å². The van der Waals surface area contributed by atoms with Crippen LogP contribution in [0, 0.1) is 0 Å². The average molecular weight is 441 g/mol. The minimum atomic E-state index is -0.0273. The summed E-state index contributed by atoms with van der Waals surface area (Å²) < 4.78 is 7.30. The first kappa shape index (κ1) is 16.1. The summed E-state index contributed by atoms with van der Waals surface area (Å²) in [5.74, 6) is 0.660. The van der Waals surface area contributed by atoms with Crippen molar-refractivity contribution in [3.63, 3.8) is 0 Å². The molecule has 2 nitrogen and oxygen atoms in total. The molecule has 0 aromatic heterocycles. The Hall–Kier alpha value is -0.260. The highest BCUT2D eigenvalue weighted by atomic mass is 79.9. The maximum Gasteiger partial charge on any atom is 0.148 e. The van der Waals surface area contributed by atoms with E-state index < -0.39 is 0 Å². The molecule has 0 aliphatic heterocycles. The topological polar surface area (TPSA) is 29.5 Å². The van der Waals surface area contributed by atoms with E-state index in [2.05, 4.69) is 31.9 Å². The molecule has 0 spiro atoms. The minimum Gasteiger partial charge on any atom is -0.486 e. The lowest BCUT2D eigenvalue weighted by Gasteiger charge is -2.12. The fraction of sp³-hybridized carbons (Fsp3) is 0.143. The summed E-state index contributed by atoms with van der Waals surface area (Å²) >= 11 is 18.8. The summed E-state index contributed by atoms with van der Waals surface area (Å²) in [6.07, 6.45) is 0. The highest BCUT2D eigenvalue weighted by Gasteiger charge is 2.10. The SMILES string of the molecule is OCc1cc(Br)c(OCc2ccc(Cl)cc2Cl)c(Br)c1. The van der Waals surface area contributed by atoms with E-state index in [-0.39, 0.29) is 6.61 Å². The van der Waals surface area contributed by atoms with Crippen molar-refractivity contribution in [3.05, 3.63) is 60.4 Å². The molecule has 20 heavy (non-hydrogen) atoms. The summed E-state index contributed by atoms with van der Waals surface area (Å²) in [5, 5.41) is 10.3. The molecule has 0 saturated carbocycles. The van der Waals surface area contributed by atoms with Crippen LogP contribution in [0.5, 0.6) is 5.75 Å². The third-order valence-electron chi connectivity index (χ3n) is 2.63. The Morgan fingerprint density at radius 1 is 1.05 bits per heavy atom. The zero-order chi connectivity index (χ0) is 14.7. The second kappa shape index (κ2) is 7.14. The molecule has 2 aromatic carbocycles. The van der Waals surface area contributed by atoms with Crippen molar-refractivity contribution in [1.82, 2.24) is 0 Å². The maximum atomic E-state index is 9.14. The second-order valence-electron chi connectivity index (χ2n) is 4.07. The predicted molar refractivity (Wildman–Crippen MR) is 88.6 cm³/mol. The summed E-state index contributed by atoms with van der Waals surface area (Å²) in [6.45, 7) is 0.298. The monoisotopic (exact) mass is 438 g/mol. The van der Waals surface area contributed by atoms with Gasteiger partial charge in [0.15, 0.2) is 0 Å². The molecule has 0 amide bonds. The van der Waals surface area contributed by atoms with Crippen molar-refractivity contribution in [2.24, 2.45) is 0 Å². The molecule has 0 fully saturated rings. The molecule has 0 aliphatic carbocycles. The smallest absolute Gasteiger partial charge is 0.148 e. The second-order valence-corrected chi connectivity index (χ2v) is 6.62. The number of rotatable bonds is 4. The summed E-state index contributed by atoms with van der Waals surface area (Å²) in [6, 6.07) is 8.90. The van der Waals surface area contributed by atoms with Crippen LogP contribution >= 0.6 is 55.1 Å². The molecule has 106 valence electrons. The first-order valence-electron chi connectivity index (χ1n) is 5.66. The predicted octanol–water partition coefficient (Wildman–Crippen LogP) is 5.59. The van der Waals surface area contributed by atoms with Crippen LogP contribution in [0.2, 0.25) is 10.0 Å². The molecule has 0 bridgehead atoms. The Balaban J connectivity index is 2.19. The molecule has 0 unspecified atom stereocenters. The van der Waals surface area contributed by atoms with Crippen LogP contribution < -0.4 is 4.74 Å². The van der Waals surface area contributed by atoms with E-state index in [1.54, 1.807) is 12.1 Å². The lowest BCUT2D eigenvalue weighted by Crippen LogP contribution is -1.98. The molecular weight excluding hydrogens is 431 g/mol. The molecular formula is C14H10Br2Cl2O2. The van der Waals surface area contributed by atoms with Crippen molar-refractivity contribution in [1.29, 1.82) is 0 Å². The van der Waals surface area contributed by atoms with Crippen molar-refractivity contribution in [2.75, 3.05) is 0 Å². The number of halogens is 4. The molecule has 0 atom stereocenters. The Morgan fingerprint density at radius 3 is 2.25 bits per heavy atom. The van der Waals surface area contributed by atoms with Gasteiger partial charge in [-0.3, -0.25) is 0 Å². The number of benzene rings is 2. The average Bonchev–Trinajstić information content (AvgIpc) is 2.39. The quantitative estimate of drug-likeness (QED) is 0.671. The van der Waals surface area contributed by atoms with Crippen LogP contribution in [0.3, 0.4) is 0 Å². The highest BCUT2D eigenvalue weighted by Crippen LogP contribution is 2.35. The van der Waals surface area contributed by atoms with E-state index in [1.807, 2.05) is 18.2 Å². The van der Waals surface area contributed by atoms with E-state index >= 15 is 0 Å². The van der Waals surface area contributed by atoms with E-state index in [0.29, 0.717) is 22.4 Å². The third-order valence-corrected chi connectivity index (χ3v) is 4.39. The fourth-order valence-electron chi connectivity index (χ4n) is 1.63. The molecule has 0 aliphatic rings. The van der Waals surface area contributed by atoms with Crippen LogP contribution in [0.4, 0.5) is 0 Å². The number of hydrogen-bond acceptors (Lipinski definition) is 2. The number of aliphatic hydroxyl groups is 1. The third kappa shape index (κ3) is 3.89. The lowest BCUT2D eigenvalue weighted by molar-refractivity contribution is 0.280. The fourth-order valence-corrected chi connectivity index (χ4v) is 3.60. The van der Waals surface area contributed by atoms with Crippen LogP contribution in [0.15, 0.2) is 39.3 Å². The molecule has 6 heteroatoms. The van der Waals surface area contributed by atoms with E-state index in [9.17, 15) is 0 Å². The van der Waals surface area contributed by atoms with Gasteiger partial charge in [-0.05, 0) is 61.7 Å². The van der Waals surface area contributed by atoms with Gasteiger partial charge in [0.25, 0.3) is 0 Å². The molecule has 0 saturated heterocycles. The molecule has 2 aromatic rings. The number of hydrogen-bond donors (Lipinski definition) is 1. The largest absolute Gasteiger partial charge is 0.486 e. The van der Waals surface area contributed by atoms with Gasteiger partial charge in [0.05, 0.1) is 15.6 Å². The van der Waals surface area contributed by atoms with Gasteiger partial charge in [0, 0.05) is 15.6 Å². The summed E-state index contributed by atoms with van der Waals surface area (Å²) in [5.41, 5.74) is 1.64. The molecule has 1 N–H and O–H groups in total. The van der Waals surface area contributed by atoms with Crippen molar-refractivity contribution in [3.8, 4) is 5.75 Å². The van der Waals surface area contributed by atoms with Crippen LogP contribution in [-0.2, 0) is 13.2 Å². The van der Waals surface area contributed by atoms with Gasteiger partial charge in [0.1, 0.15) is 12.4 Å². The van der Waals surface area contributed by atoms with Gasteiger partial charge < -0.3 is 9.84 Å². The van der Waals surface area contributed by atoms with Gasteiger partial charge >= 0.3 is 0 Å². The van der Waals surface area contributed by atoms with Crippen LogP contribution in [0.1, 0.15) is 11.1 Å². The van der Waals surface area contributed by atoms with Crippen molar-refractivity contribution < 1.29 is 9.84 Å². The summed E-state index contributed by atoms with van der Waals surface area (Å²) in [7, 11) is 0. The molecule has 2 rings (SSSR count). The maximum absolute atomic E-state index is 9.14. The first-order chi connectivity index (χ1) is 9.51. The van der Waals surface area contributed by atoms with Gasteiger partial charge in [-0.15, -0.1) is 0 Å². The van der Waals surface area contributed by atoms with E-state index in [1.165, 1.54) is 0 Å². The Morgan fingerprint density at radius 2 is 1.70 bits per heavy atom. The lowest BCUT2D eigenvalue weighted by atomic mass is 10.2. The standard InChI is InChI=1S/C14H10Br2Cl2O2/c15-11-3-8(6-19)4-12(16)14(11)20-7-9-1-2-10(17)5-13(9)18/h1-5,19H,6-7H2. The minimum absolute atomic E-state index is 0.0273. The highest BCUT2D eigenvalue weighted by molar-refractivity contribution is 9.11. The van der Waals surface area contributed by atoms with Gasteiger partial charge in [0.2, 0.25) is 0 Å². The number of aliphatic hydroxyl groups excluding tert-OH is 1. The van der Waals surface area contributed by atoms with E-state index in [0.717, 1.165) is 20.1 Å². The Bertz CT molecular complexity index is 610. The zero-order valence-corrected chi connectivity index (χ0v) is 14.9. The zero-order valence-electron chi connectivity index (χ0n) is 10.2. The van der Waals surface area contributed by atoms with Gasteiger partial charge in [-0.1, -0.05) is 29.3 Å². The Kier molecular flexibility index (Phi) is 5.75. The summed E-state index contributed by atoms with van der Waals surface area (Å²) in [4.78, 5) is 0. The number of ether oxygens (including phenoxy) is 1. The van der Waals surface area contributed by atoms with E-state index in [4.69, 9.17) is 33.0 Å². The molecule has 0 heterocycles. The Labute approximate surface area is 143 Å². The van der Waals surface area contributed by atoms with Crippen LogP contribution in [-0.4, -0.2) is 5.11 Å². The molecule has 0 radical (unpaired) electrons. The van der Waals surface area contributed by atoms with Gasteiger partial charge in [-0.2, -0.15) is 0 Å². The van der Waals surface area contributed by atoms with Gasteiger partial charge in [-0.25, -0.2) is 0 Å². The first-order valence-corrected chi connectivity index (χ1v) is 8.01. The van der Waals surface area contributed by atoms with Crippen LogP contribution in [0.25, 0.3) is 0 Å².